The fourth-order valence-corrected chi connectivity index (χ4v) is 4.43. The Labute approximate surface area is 223 Å². The van der Waals surface area contributed by atoms with Crippen LogP contribution in [-0.2, 0) is 7.05 Å². The standard InChI is InChI=1S/C30H24N6O3/c1-17-8-10-21(33-28(37)26-13-19-6-4-5-7-25(19)39-26)14-23(17)24-12-20-15-32-30(35-27(20)29(38)36(24)3)34-22-11-9-18(2)31-16-22/h4-16H,1-3H3,(H,33,37)(H,32,34,35). The van der Waals surface area contributed by atoms with Crippen molar-refractivity contribution < 1.29 is 9.21 Å². The highest BCUT2D eigenvalue weighted by Gasteiger charge is 2.16. The molecule has 9 nitrogen and oxygen atoms in total. The maximum absolute atomic E-state index is 13.4. The highest BCUT2D eigenvalue weighted by molar-refractivity contribution is 6.05. The number of hydrogen-bond acceptors (Lipinski definition) is 7. The number of nitrogens with one attached hydrogen (secondary N) is 2. The van der Waals surface area contributed by atoms with Gasteiger partial charge in [0.2, 0.25) is 5.95 Å². The van der Waals surface area contributed by atoms with E-state index >= 15 is 0 Å². The van der Waals surface area contributed by atoms with Gasteiger partial charge in [-0.3, -0.25) is 14.6 Å². The number of fused-ring (bicyclic) bond motifs is 2. The third-order valence-electron chi connectivity index (χ3n) is 6.57. The third-order valence-corrected chi connectivity index (χ3v) is 6.57. The Morgan fingerprint density at radius 3 is 2.51 bits per heavy atom. The van der Waals surface area contributed by atoms with Gasteiger partial charge in [0.1, 0.15) is 11.1 Å². The summed E-state index contributed by atoms with van der Waals surface area (Å²) in [7, 11) is 1.70. The average Bonchev–Trinajstić information content (AvgIpc) is 3.38. The monoisotopic (exact) mass is 516 g/mol. The number of carbonyl (C=O) groups is 1. The quantitative estimate of drug-likeness (QED) is 0.300. The molecule has 4 heterocycles. The molecule has 0 aliphatic heterocycles. The van der Waals surface area contributed by atoms with Crippen molar-refractivity contribution in [1.82, 2.24) is 19.5 Å². The van der Waals surface area contributed by atoms with Gasteiger partial charge in [0.05, 0.1) is 17.6 Å². The number of rotatable bonds is 5. The summed E-state index contributed by atoms with van der Waals surface area (Å²) in [4.78, 5) is 39.4. The highest BCUT2D eigenvalue weighted by Crippen LogP contribution is 2.28. The lowest BCUT2D eigenvalue weighted by Gasteiger charge is -2.14. The topological polar surface area (TPSA) is 115 Å². The van der Waals surface area contributed by atoms with Gasteiger partial charge in [0.15, 0.2) is 5.76 Å². The second kappa shape index (κ2) is 9.53. The zero-order valence-corrected chi connectivity index (χ0v) is 21.5. The molecular weight excluding hydrogens is 492 g/mol. The van der Waals surface area contributed by atoms with Crippen LogP contribution in [0.25, 0.3) is 33.1 Å². The Morgan fingerprint density at radius 2 is 1.72 bits per heavy atom. The van der Waals surface area contributed by atoms with E-state index in [-0.39, 0.29) is 17.2 Å². The van der Waals surface area contributed by atoms with Crippen molar-refractivity contribution in [1.29, 1.82) is 0 Å². The molecule has 0 unspecified atom stereocenters. The third kappa shape index (κ3) is 4.61. The summed E-state index contributed by atoms with van der Waals surface area (Å²) in [6, 6.07) is 20.4. The predicted molar refractivity (Wildman–Crippen MR) is 151 cm³/mol. The van der Waals surface area contributed by atoms with Gasteiger partial charge in [0.25, 0.3) is 11.5 Å². The van der Waals surface area contributed by atoms with Crippen LogP contribution in [0.15, 0.2) is 88.3 Å². The van der Waals surface area contributed by atoms with Crippen LogP contribution in [0.5, 0.6) is 0 Å². The first-order valence-corrected chi connectivity index (χ1v) is 12.3. The minimum absolute atomic E-state index is 0.222. The summed E-state index contributed by atoms with van der Waals surface area (Å²) in [5.74, 6) is 0.175. The molecule has 4 aromatic heterocycles. The molecule has 0 saturated heterocycles. The maximum Gasteiger partial charge on any atom is 0.291 e. The Bertz CT molecular complexity index is 1910. The first-order chi connectivity index (χ1) is 18.9. The van der Waals surface area contributed by atoms with Gasteiger partial charge in [0, 0.05) is 41.0 Å². The smallest absolute Gasteiger partial charge is 0.291 e. The Morgan fingerprint density at radius 1 is 0.897 bits per heavy atom. The molecule has 1 amide bonds. The molecular formula is C30H24N6O3. The minimum atomic E-state index is -0.356. The van der Waals surface area contributed by atoms with E-state index in [9.17, 15) is 9.59 Å². The Balaban J connectivity index is 1.32. The van der Waals surface area contributed by atoms with E-state index in [1.165, 1.54) is 0 Å². The first-order valence-electron chi connectivity index (χ1n) is 12.3. The number of hydrogen-bond donors (Lipinski definition) is 2. The zero-order valence-electron chi connectivity index (χ0n) is 21.5. The summed E-state index contributed by atoms with van der Waals surface area (Å²) in [6.45, 7) is 3.86. The van der Waals surface area contributed by atoms with Crippen LogP contribution in [0, 0.1) is 13.8 Å². The number of amides is 1. The fraction of sp³-hybridized carbons (Fsp3) is 0.100. The van der Waals surface area contributed by atoms with Gasteiger partial charge in [-0.1, -0.05) is 24.3 Å². The first kappa shape index (κ1) is 24.1. The number of para-hydroxylation sites is 1. The lowest BCUT2D eigenvalue weighted by Crippen LogP contribution is -2.20. The summed E-state index contributed by atoms with van der Waals surface area (Å²) < 4.78 is 7.25. The van der Waals surface area contributed by atoms with E-state index < -0.39 is 0 Å². The van der Waals surface area contributed by atoms with E-state index in [4.69, 9.17) is 4.42 Å². The van der Waals surface area contributed by atoms with Crippen molar-refractivity contribution >= 4 is 45.1 Å². The molecule has 0 aliphatic rings. The molecule has 2 aromatic carbocycles. The largest absolute Gasteiger partial charge is 0.451 e. The van der Waals surface area contributed by atoms with Crippen LogP contribution in [0.4, 0.5) is 17.3 Å². The van der Waals surface area contributed by atoms with E-state index in [1.807, 2.05) is 74.5 Å². The minimum Gasteiger partial charge on any atom is -0.451 e. The second-order valence-corrected chi connectivity index (χ2v) is 9.34. The maximum atomic E-state index is 13.4. The molecule has 0 bridgehead atoms. The van der Waals surface area contributed by atoms with Crippen LogP contribution in [0.3, 0.4) is 0 Å². The molecule has 0 fully saturated rings. The van der Waals surface area contributed by atoms with E-state index in [0.717, 1.165) is 27.9 Å². The molecule has 0 atom stereocenters. The van der Waals surface area contributed by atoms with E-state index in [2.05, 4.69) is 25.6 Å². The van der Waals surface area contributed by atoms with Crippen LogP contribution in [0.1, 0.15) is 21.8 Å². The number of furan rings is 1. The number of aryl methyl sites for hydroxylation is 2. The van der Waals surface area contributed by atoms with Crippen LogP contribution in [-0.4, -0.2) is 25.4 Å². The number of benzene rings is 2. The molecule has 39 heavy (non-hydrogen) atoms. The zero-order chi connectivity index (χ0) is 27.1. The second-order valence-electron chi connectivity index (χ2n) is 9.34. The van der Waals surface area contributed by atoms with Crippen LogP contribution < -0.4 is 16.2 Å². The van der Waals surface area contributed by atoms with Gasteiger partial charge >= 0.3 is 0 Å². The number of carbonyl (C=O) groups excluding carboxylic acids is 1. The predicted octanol–water partition coefficient (Wildman–Crippen LogP) is 5.75. The summed E-state index contributed by atoms with van der Waals surface area (Å²) in [5, 5.41) is 7.46. The lowest BCUT2D eigenvalue weighted by atomic mass is 10.0. The van der Waals surface area contributed by atoms with Gasteiger partial charge in [-0.25, -0.2) is 9.97 Å². The van der Waals surface area contributed by atoms with E-state index in [1.54, 1.807) is 30.1 Å². The molecule has 9 heteroatoms. The number of nitrogens with zero attached hydrogens (tertiary/aromatic N) is 4. The Kier molecular flexibility index (Phi) is 5.88. The summed E-state index contributed by atoms with van der Waals surface area (Å²) in [6.07, 6.45) is 3.31. The Hall–Kier alpha value is -5.31. The molecule has 0 aliphatic carbocycles. The van der Waals surface area contributed by atoms with E-state index in [0.29, 0.717) is 33.8 Å². The summed E-state index contributed by atoms with van der Waals surface area (Å²) >= 11 is 0. The molecule has 6 aromatic rings. The van der Waals surface area contributed by atoms with Gasteiger partial charge in [-0.15, -0.1) is 0 Å². The van der Waals surface area contributed by atoms with Gasteiger partial charge in [-0.2, -0.15) is 0 Å². The van der Waals surface area contributed by atoms with Gasteiger partial charge in [-0.05, 0) is 61.9 Å². The highest BCUT2D eigenvalue weighted by atomic mass is 16.3. The number of aromatic nitrogens is 4. The average molecular weight is 517 g/mol. The summed E-state index contributed by atoms with van der Waals surface area (Å²) in [5.41, 5.74) is 5.31. The lowest BCUT2D eigenvalue weighted by molar-refractivity contribution is 0.0998. The normalized spacial score (nSPS) is 11.2. The molecule has 2 N–H and O–H groups in total. The van der Waals surface area contributed by atoms with Crippen LogP contribution in [0.2, 0.25) is 0 Å². The molecule has 6 rings (SSSR count). The van der Waals surface area contributed by atoms with Crippen molar-refractivity contribution in [3.05, 3.63) is 106 Å². The SMILES string of the molecule is Cc1ccc(Nc2ncc3cc(-c4cc(NC(=O)c5cc6ccccc6o5)ccc4C)n(C)c(=O)c3n2)cn1. The van der Waals surface area contributed by atoms with Crippen molar-refractivity contribution in [2.24, 2.45) is 7.05 Å². The van der Waals surface area contributed by atoms with Gasteiger partial charge < -0.3 is 19.6 Å². The van der Waals surface area contributed by atoms with Crippen molar-refractivity contribution in [3.8, 4) is 11.3 Å². The fourth-order valence-electron chi connectivity index (χ4n) is 4.43. The van der Waals surface area contributed by atoms with Crippen molar-refractivity contribution in [3.63, 3.8) is 0 Å². The van der Waals surface area contributed by atoms with Crippen LogP contribution >= 0.6 is 0 Å². The van der Waals surface area contributed by atoms with Crippen molar-refractivity contribution in [2.75, 3.05) is 10.6 Å². The molecule has 0 saturated carbocycles. The number of anilines is 3. The number of pyridine rings is 2. The molecule has 0 spiro atoms. The molecule has 0 radical (unpaired) electrons. The molecule has 192 valence electrons. The van der Waals surface area contributed by atoms with Crippen molar-refractivity contribution in [2.45, 2.75) is 13.8 Å².